The van der Waals surface area contributed by atoms with Crippen LogP contribution in [-0.4, -0.2) is 82.4 Å². The number of hydrogen-bond donors (Lipinski definition) is 0. The van der Waals surface area contributed by atoms with Gasteiger partial charge in [0.1, 0.15) is 11.4 Å². The molecule has 30 heavy (non-hydrogen) atoms. The van der Waals surface area contributed by atoms with Crippen LogP contribution < -0.4 is 0 Å². The average Bonchev–Trinajstić information content (AvgIpc) is 2.81. The summed E-state index contributed by atoms with van der Waals surface area (Å²) >= 11 is 1.55. The Kier molecular flexibility index (Phi) is 7.15. The SMILES string of the molecule is CCOC(=O)O[C@H](C)OC(=O)[C@@H]1N2C(=O)[C@@H](N=CN3CCCCCC3)[C@H]2SC1(C)C. The van der Waals surface area contributed by atoms with Gasteiger partial charge in [-0.2, -0.15) is 0 Å². The van der Waals surface area contributed by atoms with Gasteiger partial charge in [-0.1, -0.05) is 12.8 Å². The van der Waals surface area contributed by atoms with Gasteiger partial charge in [-0.3, -0.25) is 9.79 Å². The highest BCUT2D eigenvalue weighted by molar-refractivity contribution is 8.01. The Bertz CT molecular complexity index is 692. The Balaban J connectivity index is 1.61. The highest BCUT2D eigenvalue weighted by Gasteiger charge is 2.64. The predicted molar refractivity (Wildman–Crippen MR) is 112 cm³/mol. The first-order valence-electron chi connectivity index (χ1n) is 10.6. The van der Waals surface area contributed by atoms with E-state index in [0.29, 0.717) is 0 Å². The topological polar surface area (TPSA) is 97.7 Å². The molecule has 3 aliphatic rings. The van der Waals surface area contributed by atoms with Crippen LogP contribution in [0.4, 0.5) is 4.79 Å². The summed E-state index contributed by atoms with van der Waals surface area (Å²) in [5.41, 5.74) is 0. The van der Waals surface area contributed by atoms with E-state index in [1.54, 1.807) is 29.9 Å². The Morgan fingerprint density at radius 3 is 2.53 bits per heavy atom. The molecule has 3 rings (SSSR count). The number of amides is 1. The first kappa shape index (κ1) is 22.7. The third kappa shape index (κ3) is 4.84. The lowest BCUT2D eigenvalue weighted by atomic mass is 9.96. The average molecular weight is 442 g/mol. The normalized spacial score (nSPS) is 29.1. The molecule has 3 saturated heterocycles. The molecule has 0 spiro atoms. The van der Waals surface area contributed by atoms with Crippen LogP contribution in [0.2, 0.25) is 0 Å². The molecule has 9 nitrogen and oxygen atoms in total. The number of likely N-dealkylation sites (tertiary alicyclic amines) is 1. The Morgan fingerprint density at radius 1 is 1.23 bits per heavy atom. The Labute approximate surface area is 181 Å². The number of nitrogens with zero attached hydrogens (tertiary/aromatic N) is 3. The van der Waals surface area contributed by atoms with E-state index in [2.05, 4.69) is 14.6 Å². The number of carbonyl (C=O) groups excluding carboxylic acids is 3. The van der Waals surface area contributed by atoms with Crippen molar-refractivity contribution in [1.29, 1.82) is 0 Å². The zero-order chi connectivity index (χ0) is 21.9. The molecule has 0 N–H and O–H groups in total. The first-order valence-corrected chi connectivity index (χ1v) is 11.4. The van der Waals surface area contributed by atoms with Crippen LogP contribution in [0, 0.1) is 0 Å². The maximum Gasteiger partial charge on any atom is 0.511 e. The standard InChI is InChI=1S/C20H31N3O6S/c1-5-27-19(26)29-13(2)28-18(25)15-20(3,4)30-17-14(16(24)23(15)17)21-12-22-10-8-6-7-9-11-22/h12-15,17H,5-11H2,1-4H3/t13-,14-,15+,17-/m1/s1. The maximum absolute atomic E-state index is 12.8. The second-order valence-electron chi connectivity index (χ2n) is 8.22. The predicted octanol–water partition coefficient (Wildman–Crippen LogP) is 2.38. The molecule has 168 valence electrons. The zero-order valence-corrected chi connectivity index (χ0v) is 18.9. The largest absolute Gasteiger partial charge is 0.511 e. The molecule has 0 aromatic rings. The molecular formula is C20H31N3O6S. The van der Waals surface area contributed by atoms with E-state index in [0.717, 1.165) is 25.9 Å². The molecule has 3 aliphatic heterocycles. The zero-order valence-electron chi connectivity index (χ0n) is 18.0. The van der Waals surface area contributed by atoms with E-state index in [9.17, 15) is 14.4 Å². The van der Waals surface area contributed by atoms with Gasteiger partial charge in [0.05, 0.1) is 12.9 Å². The summed E-state index contributed by atoms with van der Waals surface area (Å²) in [7, 11) is 0. The minimum atomic E-state index is -1.11. The van der Waals surface area contributed by atoms with Gasteiger partial charge < -0.3 is 24.0 Å². The molecule has 0 aromatic carbocycles. The third-order valence-electron chi connectivity index (χ3n) is 5.47. The van der Waals surface area contributed by atoms with E-state index in [-0.39, 0.29) is 17.9 Å². The summed E-state index contributed by atoms with van der Waals surface area (Å²) in [5.74, 6) is -0.778. The Morgan fingerprint density at radius 2 is 1.90 bits per heavy atom. The van der Waals surface area contributed by atoms with Gasteiger partial charge in [0.15, 0.2) is 6.04 Å². The van der Waals surface area contributed by atoms with E-state index in [1.807, 2.05) is 13.8 Å². The smallest absolute Gasteiger partial charge is 0.435 e. The molecule has 0 aliphatic carbocycles. The van der Waals surface area contributed by atoms with Gasteiger partial charge in [0.25, 0.3) is 5.91 Å². The molecular weight excluding hydrogens is 410 g/mol. The van der Waals surface area contributed by atoms with E-state index >= 15 is 0 Å². The summed E-state index contributed by atoms with van der Waals surface area (Å²) < 4.78 is 14.3. The van der Waals surface area contributed by atoms with Crippen molar-refractivity contribution >= 4 is 36.1 Å². The van der Waals surface area contributed by atoms with Crippen molar-refractivity contribution in [2.75, 3.05) is 19.7 Å². The van der Waals surface area contributed by atoms with Gasteiger partial charge in [-0.15, -0.1) is 11.8 Å². The number of thioether (sulfide) groups is 1. The van der Waals surface area contributed by atoms with Crippen LogP contribution in [0.15, 0.2) is 4.99 Å². The van der Waals surface area contributed by atoms with Crippen LogP contribution in [0.25, 0.3) is 0 Å². The van der Waals surface area contributed by atoms with Gasteiger partial charge in [0.2, 0.25) is 6.29 Å². The molecule has 4 atom stereocenters. The third-order valence-corrected chi connectivity index (χ3v) is 7.03. The van der Waals surface area contributed by atoms with Crippen molar-refractivity contribution in [3.05, 3.63) is 0 Å². The summed E-state index contributed by atoms with van der Waals surface area (Å²) in [6.07, 6.45) is 4.54. The van der Waals surface area contributed by atoms with Crippen LogP contribution in [0.5, 0.6) is 0 Å². The molecule has 10 heteroatoms. The monoisotopic (exact) mass is 441 g/mol. The number of carbonyl (C=O) groups is 3. The van der Waals surface area contributed by atoms with Crippen molar-refractivity contribution in [3.63, 3.8) is 0 Å². The maximum atomic E-state index is 12.8. The lowest BCUT2D eigenvalue weighted by Gasteiger charge is -2.42. The highest BCUT2D eigenvalue weighted by Crippen LogP contribution is 2.52. The van der Waals surface area contributed by atoms with Crippen LogP contribution in [0.3, 0.4) is 0 Å². The number of ether oxygens (including phenoxy) is 3. The fraction of sp³-hybridized carbons (Fsp3) is 0.800. The van der Waals surface area contributed by atoms with Crippen molar-refractivity contribution in [3.8, 4) is 0 Å². The number of β-lactam (4-membered cyclic amide) rings is 1. The molecule has 0 aromatic heterocycles. The van der Waals surface area contributed by atoms with E-state index in [4.69, 9.17) is 9.47 Å². The molecule has 0 bridgehead atoms. The molecule has 1 amide bonds. The fourth-order valence-electron chi connectivity index (χ4n) is 4.03. The molecule has 3 heterocycles. The van der Waals surface area contributed by atoms with Crippen molar-refractivity contribution in [2.45, 2.75) is 81.9 Å². The minimum absolute atomic E-state index is 0.162. The van der Waals surface area contributed by atoms with Crippen LogP contribution >= 0.6 is 11.8 Å². The van der Waals surface area contributed by atoms with E-state index < -0.39 is 35.2 Å². The minimum Gasteiger partial charge on any atom is -0.435 e. The van der Waals surface area contributed by atoms with Gasteiger partial charge in [0, 0.05) is 24.8 Å². The lowest BCUT2D eigenvalue weighted by molar-refractivity contribution is -0.180. The molecule has 0 saturated carbocycles. The first-order chi connectivity index (χ1) is 14.2. The molecule has 0 unspecified atom stereocenters. The summed E-state index contributed by atoms with van der Waals surface area (Å²) in [6.45, 7) is 8.99. The fourth-order valence-corrected chi connectivity index (χ4v) is 5.64. The quantitative estimate of drug-likeness (QED) is 0.204. The van der Waals surface area contributed by atoms with Crippen LogP contribution in [-0.2, 0) is 23.8 Å². The summed E-state index contributed by atoms with van der Waals surface area (Å²) in [5, 5.41) is -0.199. The number of esters is 1. The highest BCUT2D eigenvalue weighted by atomic mass is 32.2. The second kappa shape index (κ2) is 9.45. The van der Waals surface area contributed by atoms with Crippen molar-refractivity contribution < 1.29 is 28.6 Å². The second-order valence-corrected chi connectivity index (χ2v) is 10.00. The lowest BCUT2D eigenvalue weighted by Crippen LogP contribution is -2.65. The number of fused-ring (bicyclic) bond motifs is 1. The molecule has 3 fully saturated rings. The molecule has 0 radical (unpaired) electrons. The van der Waals surface area contributed by atoms with Gasteiger partial charge in [-0.25, -0.2) is 9.59 Å². The number of aliphatic imine (C=N–C) groups is 1. The number of hydrogen-bond acceptors (Lipinski definition) is 8. The Hall–Kier alpha value is -1.97. The van der Waals surface area contributed by atoms with Gasteiger partial charge in [-0.05, 0) is 33.6 Å². The van der Waals surface area contributed by atoms with Gasteiger partial charge >= 0.3 is 12.1 Å². The van der Waals surface area contributed by atoms with E-state index in [1.165, 1.54) is 19.8 Å². The summed E-state index contributed by atoms with van der Waals surface area (Å²) in [6, 6.07) is -1.25. The van der Waals surface area contributed by atoms with Crippen molar-refractivity contribution in [1.82, 2.24) is 9.80 Å². The van der Waals surface area contributed by atoms with Crippen molar-refractivity contribution in [2.24, 2.45) is 4.99 Å². The number of rotatable bonds is 6. The summed E-state index contributed by atoms with van der Waals surface area (Å²) in [4.78, 5) is 45.3. The van der Waals surface area contributed by atoms with Crippen LogP contribution in [0.1, 0.15) is 53.4 Å².